The number of ether oxygens (including phenoxy) is 1. The van der Waals surface area contributed by atoms with Gasteiger partial charge in [0.25, 0.3) is 0 Å². The average Bonchev–Trinajstić information content (AvgIpc) is 2.48. The highest BCUT2D eigenvalue weighted by molar-refractivity contribution is 5.91. The summed E-state index contributed by atoms with van der Waals surface area (Å²) < 4.78 is 5.64. The molecular weight excluding hydrogens is 258 g/mol. The van der Waals surface area contributed by atoms with Gasteiger partial charge in [0.2, 0.25) is 0 Å². The first-order valence-electron chi connectivity index (χ1n) is 5.81. The summed E-state index contributed by atoms with van der Waals surface area (Å²) in [7, 11) is 0. The Morgan fingerprint density at radius 3 is 2.80 bits per heavy atom. The van der Waals surface area contributed by atoms with E-state index in [1.807, 2.05) is 18.2 Å². The minimum absolute atomic E-state index is 0.0425. The van der Waals surface area contributed by atoms with Crippen molar-refractivity contribution in [1.29, 1.82) is 0 Å². The Balaban J connectivity index is 2.08. The minimum atomic E-state index is -1.08. The summed E-state index contributed by atoms with van der Waals surface area (Å²) in [5, 5.41) is 17.7. The molecule has 6 heteroatoms. The minimum Gasteiger partial charge on any atom is -0.478 e. The van der Waals surface area contributed by atoms with Gasteiger partial charge in [-0.3, -0.25) is 4.98 Å². The summed E-state index contributed by atoms with van der Waals surface area (Å²) in [5.41, 5.74) is 0.714. The second-order valence-electron chi connectivity index (χ2n) is 4.01. The maximum Gasteiger partial charge on any atom is 0.339 e. The number of carbonyl (C=O) groups is 1. The molecule has 0 bridgehead atoms. The van der Waals surface area contributed by atoms with E-state index < -0.39 is 5.97 Å². The van der Waals surface area contributed by atoms with Gasteiger partial charge in [-0.2, -0.15) is 10.2 Å². The predicted molar refractivity (Wildman–Crippen MR) is 70.8 cm³/mol. The Labute approximate surface area is 113 Å². The van der Waals surface area contributed by atoms with Gasteiger partial charge in [0.05, 0.1) is 17.9 Å². The van der Waals surface area contributed by atoms with Gasteiger partial charge in [-0.15, -0.1) is 0 Å². The van der Waals surface area contributed by atoms with Crippen LogP contribution in [0, 0.1) is 0 Å². The molecule has 3 aromatic rings. The van der Waals surface area contributed by atoms with Gasteiger partial charge in [-0.05, 0) is 18.2 Å². The van der Waals surface area contributed by atoms with E-state index in [1.54, 1.807) is 6.07 Å². The fourth-order valence-electron chi connectivity index (χ4n) is 1.82. The van der Waals surface area contributed by atoms with Crippen LogP contribution in [-0.4, -0.2) is 26.3 Å². The third kappa shape index (κ3) is 2.14. The molecule has 0 atom stereocenters. The number of carboxylic acids is 1. The quantitative estimate of drug-likeness (QED) is 0.784. The van der Waals surface area contributed by atoms with E-state index in [9.17, 15) is 4.79 Å². The molecule has 0 fully saturated rings. The number of nitrogens with zero attached hydrogens (tertiary/aromatic N) is 3. The number of rotatable bonds is 3. The molecule has 1 aromatic carbocycles. The molecule has 0 saturated carbocycles. The normalized spacial score (nSPS) is 10.4. The van der Waals surface area contributed by atoms with E-state index in [0.717, 1.165) is 5.39 Å². The fraction of sp³-hybridized carbons (Fsp3) is 0. The summed E-state index contributed by atoms with van der Waals surface area (Å²) in [4.78, 5) is 15.0. The highest BCUT2D eigenvalue weighted by atomic mass is 16.5. The number of aromatic carboxylic acids is 1. The maximum atomic E-state index is 11.1. The molecule has 20 heavy (non-hydrogen) atoms. The first-order valence-corrected chi connectivity index (χ1v) is 5.81. The van der Waals surface area contributed by atoms with Crippen LogP contribution >= 0.6 is 0 Å². The summed E-state index contributed by atoms with van der Waals surface area (Å²) in [6.07, 6.45) is 4.21. The van der Waals surface area contributed by atoms with Crippen LogP contribution in [0.2, 0.25) is 0 Å². The average molecular weight is 267 g/mol. The number of carboxylic acid groups (broad SMARTS) is 1. The molecule has 0 aliphatic rings. The van der Waals surface area contributed by atoms with E-state index >= 15 is 0 Å². The SMILES string of the molecule is O=C(O)c1ccncc1Oc1cnnc2ccccc12. The van der Waals surface area contributed by atoms with Crippen molar-refractivity contribution in [2.45, 2.75) is 0 Å². The van der Waals surface area contributed by atoms with Gasteiger partial charge in [0.1, 0.15) is 5.56 Å². The van der Waals surface area contributed by atoms with Crippen molar-refractivity contribution < 1.29 is 14.6 Å². The summed E-state index contributed by atoms with van der Waals surface area (Å²) in [5.74, 6) is -0.474. The Morgan fingerprint density at radius 2 is 1.95 bits per heavy atom. The van der Waals surface area contributed by atoms with Crippen molar-refractivity contribution in [1.82, 2.24) is 15.2 Å². The standard InChI is InChI=1S/C14H9N3O3/c18-14(19)10-5-6-15-7-12(10)20-13-8-16-17-11-4-2-1-3-9(11)13/h1-8H,(H,18,19). The van der Waals surface area contributed by atoms with Crippen molar-refractivity contribution in [3.63, 3.8) is 0 Å². The molecule has 0 spiro atoms. The summed E-state index contributed by atoms with van der Waals surface area (Å²) in [6, 6.07) is 8.70. The van der Waals surface area contributed by atoms with Crippen LogP contribution in [0.1, 0.15) is 10.4 Å². The molecule has 6 nitrogen and oxygen atoms in total. The predicted octanol–water partition coefficient (Wildman–Crippen LogP) is 2.52. The third-order valence-corrected chi connectivity index (χ3v) is 2.74. The number of hydrogen-bond donors (Lipinski definition) is 1. The van der Waals surface area contributed by atoms with Gasteiger partial charge in [0.15, 0.2) is 11.5 Å². The number of fused-ring (bicyclic) bond motifs is 1. The monoisotopic (exact) mass is 267 g/mol. The topological polar surface area (TPSA) is 85.2 Å². The molecule has 2 aromatic heterocycles. The van der Waals surface area contributed by atoms with Crippen LogP contribution in [0.3, 0.4) is 0 Å². The zero-order chi connectivity index (χ0) is 13.9. The van der Waals surface area contributed by atoms with Crippen LogP contribution in [0.5, 0.6) is 11.5 Å². The number of hydrogen-bond acceptors (Lipinski definition) is 5. The highest BCUT2D eigenvalue weighted by Crippen LogP contribution is 2.29. The largest absolute Gasteiger partial charge is 0.478 e. The second kappa shape index (κ2) is 4.93. The van der Waals surface area contributed by atoms with Crippen molar-refractivity contribution in [2.75, 3.05) is 0 Å². The molecule has 0 radical (unpaired) electrons. The van der Waals surface area contributed by atoms with E-state index in [0.29, 0.717) is 11.3 Å². The summed E-state index contributed by atoms with van der Waals surface area (Å²) >= 11 is 0. The molecule has 1 N–H and O–H groups in total. The lowest BCUT2D eigenvalue weighted by Gasteiger charge is -2.09. The van der Waals surface area contributed by atoms with Crippen LogP contribution < -0.4 is 4.74 Å². The summed E-state index contributed by atoms with van der Waals surface area (Å²) in [6.45, 7) is 0. The molecule has 98 valence electrons. The Hall–Kier alpha value is -3.02. The Kier molecular flexibility index (Phi) is 2.96. The lowest BCUT2D eigenvalue weighted by Crippen LogP contribution is -2.01. The molecule has 0 amide bonds. The van der Waals surface area contributed by atoms with E-state index in [-0.39, 0.29) is 11.3 Å². The van der Waals surface area contributed by atoms with Crippen molar-refractivity contribution in [3.8, 4) is 11.5 Å². The molecule has 3 rings (SSSR count). The lowest BCUT2D eigenvalue weighted by atomic mass is 10.2. The lowest BCUT2D eigenvalue weighted by molar-refractivity contribution is 0.0694. The molecule has 0 aliphatic carbocycles. The molecule has 2 heterocycles. The zero-order valence-corrected chi connectivity index (χ0v) is 10.2. The molecular formula is C14H9N3O3. The van der Waals surface area contributed by atoms with Crippen molar-refractivity contribution in [2.24, 2.45) is 0 Å². The van der Waals surface area contributed by atoms with E-state index in [1.165, 1.54) is 24.7 Å². The van der Waals surface area contributed by atoms with Gasteiger partial charge in [-0.25, -0.2) is 4.79 Å². The number of benzene rings is 1. The van der Waals surface area contributed by atoms with Crippen LogP contribution in [0.25, 0.3) is 10.9 Å². The second-order valence-corrected chi connectivity index (χ2v) is 4.01. The van der Waals surface area contributed by atoms with Crippen LogP contribution in [0.4, 0.5) is 0 Å². The van der Waals surface area contributed by atoms with Crippen LogP contribution in [-0.2, 0) is 0 Å². The van der Waals surface area contributed by atoms with Crippen molar-refractivity contribution in [3.05, 3.63) is 54.5 Å². The maximum absolute atomic E-state index is 11.1. The highest BCUT2D eigenvalue weighted by Gasteiger charge is 2.13. The smallest absolute Gasteiger partial charge is 0.339 e. The van der Waals surface area contributed by atoms with Gasteiger partial charge < -0.3 is 9.84 Å². The zero-order valence-electron chi connectivity index (χ0n) is 10.2. The number of aromatic nitrogens is 3. The van der Waals surface area contributed by atoms with Crippen molar-refractivity contribution >= 4 is 16.9 Å². The fourth-order valence-corrected chi connectivity index (χ4v) is 1.82. The Bertz CT molecular complexity index is 784. The van der Waals surface area contributed by atoms with E-state index in [2.05, 4.69) is 15.2 Å². The van der Waals surface area contributed by atoms with Gasteiger partial charge in [-0.1, -0.05) is 12.1 Å². The van der Waals surface area contributed by atoms with Gasteiger partial charge >= 0.3 is 5.97 Å². The molecule has 0 aliphatic heterocycles. The number of pyridine rings is 1. The first kappa shape index (κ1) is 12.0. The van der Waals surface area contributed by atoms with Gasteiger partial charge in [0, 0.05) is 11.6 Å². The molecule has 0 saturated heterocycles. The van der Waals surface area contributed by atoms with Crippen LogP contribution in [0.15, 0.2) is 48.9 Å². The Morgan fingerprint density at radius 1 is 1.10 bits per heavy atom. The first-order chi connectivity index (χ1) is 9.75. The molecule has 0 unspecified atom stereocenters. The third-order valence-electron chi connectivity index (χ3n) is 2.74. The van der Waals surface area contributed by atoms with E-state index in [4.69, 9.17) is 9.84 Å².